The van der Waals surface area contributed by atoms with E-state index in [2.05, 4.69) is 31.7 Å². The quantitative estimate of drug-likeness (QED) is 0.438. The molecule has 0 aliphatic carbocycles. The van der Waals surface area contributed by atoms with Gasteiger partial charge in [-0.15, -0.1) is 0 Å². The van der Waals surface area contributed by atoms with Crippen LogP contribution in [0.3, 0.4) is 0 Å². The van der Waals surface area contributed by atoms with E-state index in [-0.39, 0.29) is 11.1 Å². The molecule has 2 heterocycles. The first kappa shape index (κ1) is 19.6. The topological polar surface area (TPSA) is 86.5 Å². The number of halogens is 2. The zero-order valence-corrected chi connectivity index (χ0v) is 16.7. The monoisotopic (exact) mass is 418 g/mol. The molecule has 1 unspecified atom stereocenters. The number of rotatable bonds is 5. The number of hydrogen-bond donors (Lipinski definition) is 2. The number of aromatic nitrogens is 3. The van der Waals surface area contributed by atoms with Crippen molar-refractivity contribution in [2.24, 2.45) is 0 Å². The van der Waals surface area contributed by atoms with Crippen LogP contribution >= 0.6 is 11.6 Å². The van der Waals surface area contributed by atoms with Gasteiger partial charge in [0, 0.05) is 35.4 Å². The highest BCUT2D eigenvalue weighted by Gasteiger charge is 2.13. The number of nitrogens with one attached hydrogen (secondary N) is 2. The van der Waals surface area contributed by atoms with Crippen molar-refractivity contribution in [3.8, 4) is 6.07 Å². The third-order valence-electron chi connectivity index (χ3n) is 4.59. The van der Waals surface area contributed by atoms with Crippen molar-refractivity contribution >= 4 is 39.6 Å². The van der Waals surface area contributed by atoms with Crippen LogP contribution in [0.25, 0.3) is 10.9 Å². The molecule has 2 aromatic carbocycles. The lowest BCUT2D eigenvalue weighted by atomic mass is 10.1. The van der Waals surface area contributed by atoms with Gasteiger partial charge in [0.2, 0.25) is 0 Å². The van der Waals surface area contributed by atoms with E-state index in [1.165, 1.54) is 18.3 Å². The number of hydrogen-bond acceptors (Lipinski definition) is 6. The van der Waals surface area contributed by atoms with Crippen molar-refractivity contribution in [3.63, 3.8) is 0 Å². The Morgan fingerprint density at radius 1 is 1.07 bits per heavy atom. The van der Waals surface area contributed by atoms with Crippen molar-refractivity contribution in [3.05, 3.63) is 83.3 Å². The van der Waals surface area contributed by atoms with Gasteiger partial charge < -0.3 is 10.6 Å². The highest BCUT2D eigenvalue weighted by Crippen LogP contribution is 2.32. The van der Waals surface area contributed by atoms with Crippen LogP contribution in [0.15, 0.2) is 61.2 Å². The van der Waals surface area contributed by atoms with E-state index < -0.39 is 5.82 Å². The van der Waals surface area contributed by atoms with Gasteiger partial charge >= 0.3 is 0 Å². The summed E-state index contributed by atoms with van der Waals surface area (Å²) in [5.74, 6) is -0.508. The molecule has 0 saturated carbocycles. The summed E-state index contributed by atoms with van der Waals surface area (Å²) in [6.45, 7) is 1.98. The van der Waals surface area contributed by atoms with Crippen LogP contribution in [0.5, 0.6) is 0 Å². The van der Waals surface area contributed by atoms with E-state index in [0.717, 1.165) is 16.8 Å². The molecular weight excluding hydrogens is 403 g/mol. The minimum absolute atomic E-state index is 0.00276. The summed E-state index contributed by atoms with van der Waals surface area (Å²) in [5, 5.41) is 16.9. The van der Waals surface area contributed by atoms with Crippen LogP contribution in [0.1, 0.15) is 24.2 Å². The summed E-state index contributed by atoms with van der Waals surface area (Å²) in [4.78, 5) is 12.8. The van der Waals surface area contributed by atoms with E-state index in [9.17, 15) is 9.65 Å². The molecule has 2 aromatic heterocycles. The fourth-order valence-electron chi connectivity index (χ4n) is 3.08. The van der Waals surface area contributed by atoms with Crippen molar-refractivity contribution in [1.29, 1.82) is 5.26 Å². The van der Waals surface area contributed by atoms with Gasteiger partial charge in [0.25, 0.3) is 0 Å². The first-order chi connectivity index (χ1) is 14.5. The number of fused-ring (bicyclic) bond motifs is 1. The molecule has 0 spiro atoms. The Morgan fingerprint density at radius 3 is 2.63 bits per heavy atom. The van der Waals surface area contributed by atoms with Gasteiger partial charge in [0.1, 0.15) is 11.9 Å². The molecule has 1 atom stereocenters. The summed E-state index contributed by atoms with van der Waals surface area (Å²) in [5.41, 5.74) is 3.85. The lowest BCUT2D eigenvalue weighted by Crippen LogP contribution is -2.08. The van der Waals surface area contributed by atoms with E-state index in [1.54, 1.807) is 24.7 Å². The van der Waals surface area contributed by atoms with Crippen molar-refractivity contribution in [1.82, 2.24) is 15.0 Å². The highest BCUT2D eigenvalue weighted by atomic mass is 35.5. The number of anilines is 3. The summed E-state index contributed by atoms with van der Waals surface area (Å²) in [6, 6.07) is 12.1. The van der Waals surface area contributed by atoms with E-state index >= 15 is 0 Å². The van der Waals surface area contributed by atoms with Crippen molar-refractivity contribution in [2.45, 2.75) is 13.0 Å². The van der Waals surface area contributed by atoms with Gasteiger partial charge in [-0.1, -0.05) is 11.6 Å². The smallest absolute Gasteiger partial charge is 0.141 e. The molecule has 4 aromatic rings. The zero-order chi connectivity index (χ0) is 21.1. The summed E-state index contributed by atoms with van der Waals surface area (Å²) in [6.07, 6.45) is 6.48. The van der Waals surface area contributed by atoms with Gasteiger partial charge in [0.15, 0.2) is 0 Å². The van der Waals surface area contributed by atoms with Crippen molar-refractivity contribution in [2.75, 3.05) is 10.6 Å². The largest absolute Gasteiger partial charge is 0.377 e. The third kappa shape index (κ3) is 4.00. The molecule has 0 aliphatic heterocycles. The Balaban J connectivity index is 1.73. The zero-order valence-electron chi connectivity index (χ0n) is 15.9. The average Bonchev–Trinajstić information content (AvgIpc) is 2.77. The Bertz CT molecular complexity index is 1260. The van der Waals surface area contributed by atoms with Crippen molar-refractivity contribution < 1.29 is 4.39 Å². The number of nitrogens with zero attached hydrogens (tertiary/aromatic N) is 4. The minimum Gasteiger partial charge on any atom is -0.377 e. The molecule has 2 N–H and O–H groups in total. The maximum absolute atomic E-state index is 13.5. The molecule has 0 aliphatic rings. The van der Waals surface area contributed by atoms with Gasteiger partial charge in [-0.05, 0) is 43.3 Å². The molecule has 4 rings (SSSR count). The normalized spacial score (nSPS) is 11.7. The van der Waals surface area contributed by atoms with Crippen LogP contribution in [0, 0.1) is 17.1 Å². The molecule has 0 saturated heterocycles. The standard InChI is InChI=1S/C22H16ClFN6/c1-13(21-12-26-6-7-27-21)29-15-3-5-20-17(8-15)22(14(10-25)11-28-20)30-16-2-4-19(24)18(23)9-16/h2-9,11-13,29H,1H3,(H,28,30). The van der Waals surface area contributed by atoms with Crippen LogP contribution in [-0.2, 0) is 0 Å². The second kappa shape index (κ2) is 8.31. The molecule has 148 valence electrons. The third-order valence-corrected chi connectivity index (χ3v) is 4.88. The lowest BCUT2D eigenvalue weighted by Gasteiger charge is -2.16. The average molecular weight is 419 g/mol. The SMILES string of the molecule is CC(Nc1ccc2ncc(C#N)c(Nc3ccc(F)c(Cl)c3)c2c1)c1cnccn1. The Morgan fingerprint density at radius 2 is 1.90 bits per heavy atom. The van der Waals surface area contributed by atoms with Crippen LogP contribution in [0.4, 0.5) is 21.5 Å². The number of pyridine rings is 1. The van der Waals surface area contributed by atoms with E-state index in [0.29, 0.717) is 22.5 Å². The second-order valence-electron chi connectivity index (χ2n) is 6.64. The molecule has 0 amide bonds. The maximum atomic E-state index is 13.5. The van der Waals surface area contributed by atoms with Gasteiger partial charge in [0.05, 0.1) is 39.7 Å². The van der Waals surface area contributed by atoms with Crippen LogP contribution in [0.2, 0.25) is 5.02 Å². The molecule has 30 heavy (non-hydrogen) atoms. The Hall–Kier alpha value is -3.76. The Kier molecular flexibility index (Phi) is 5.42. The first-order valence-corrected chi connectivity index (χ1v) is 9.50. The summed E-state index contributed by atoms with van der Waals surface area (Å²) in [7, 11) is 0. The molecule has 0 bridgehead atoms. The van der Waals surface area contributed by atoms with Gasteiger partial charge in [-0.25, -0.2) is 4.39 Å². The lowest BCUT2D eigenvalue weighted by molar-refractivity contribution is 0.628. The van der Waals surface area contributed by atoms with Gasteiger partial charge in [-0.3, -0.25) is 15.0 Å². The molecule has 0 radical (unpaired) electrons. The second-order valence-corrected chi connectivity index (χ2v) is 7.05. The number of benzene rings is 2. The first-order valence-electron chi connectivity index (χ1n) is 9.12. The summed E-state index contributed by atoms with van der Waals surface area (Å²) >= 11 is 5.90. The predicted molar refractivity (Wildman–Crippen MR) is 115 cm³/mol. The van der Waals surface area contributed by atoms with E-state index in [1.807, 2.05) is 25.1 Å². The molecule has 6 nitrogen and oxygen atoms in total. The maximum Gasteiger partial charge on any atom is 0.141 e. The predicted octanol–water partition coefficient (Wildman–Crippen LogP) is 5.61. The minimum atomic E-state index is -0.508. The molecule has 8 heteroatoms. The van der Waals surface area contributed by atoms with Gasteiger partial charge in [-0.2, -0.15) is 5.26 Å². The molecule has 0 fully saturated rings. The fourth-order valence-corrected chi connectivity index (χ4v) is 3.26. The Labute approximate surface area is 177 Å². The van der Waals surface area contributed by atoms with Crippen LogP contribution in [-0.4, -0.2) is 15.0 Å². The van der Waals surface area contributed by atoms with E-state index in [4.69, 9.17) is 11.6 Å². The number of nitriles is 1. The highest BCUT2D eigenvalue weighted by molar-refractivity contribution is 6.31. The molecular formula is C22H16ClFN6. The fraction of sp³-hybridized carbons (Fsp3) is 0.0909. The van der Waals surface area contributed by atoms with Crippen LogP contribution < -0.4 is 10.6 Å². The summed E-state index contributed by atoms with van der Waals surface area (Å²) < 4.78 is 13.5.